The first-order valence-corrected chi connectivity index (χ1v) is 31.5. The summed E-state index contributed by atoms with van der Waals surface area (Å²) >= 11 is 0. The maximum atomic E-state index is 2.97. The molecular formula is C80H91BN2. The van der Waals surface area contributed by atoms with Gasteiger partial charge in [-0.15, -0.1) is 0 Å². The normalized spacial score (nSPS) is 19.5. The van der Waals surface area contributed by atoms with Crippen molar-refractivity contribution in [3.8, 4) is 22.3 Å². The highest BCUT2D eigenvalue weighted by atomic mass is 15.3. The average molecular weight is 1090 g/mol. The van der Waals surface area contributed by atoms with Gasteiger partial charge in [0.05, 0.1) is 11.2 Å². The van der Waals surface area contributed by atoms with Gasteiger partial charge in [0.25, 0.3) is 6.71 Å². The van der Waals surface area contributed by atoms with E-state index in [1.165, 1.54) is 142 Å². The molecule has 0 aromatic heterocycles. The van der Waals surface area contributed by atoms with Crippen molar-refractivity contribution in [1.82, 2.24) is 0 Å². The Morgan fingerprint density at radius 3 is 1.51 bits per heavy atom. The quantitative estimate of drug-likeness (QED) is 0.125. The van der Waals surface area contributed by atoms with Crippen LogP contribution in [0.25, 0.3) is 22.3 Å². The van der Waals surface area contributed by atoms with Gasteiger partial charge in [0.1, 0.15) is 0 Å². The highest BCUT2D eigenvalue weighted by Gasteiger charge is 2.62. The third-order valence-electron chi connectivity index (χ3n) is 21.3. The van der Waals surface area contributed by atoms with Crippen LogP contribution in [-0.2, 0) is 37.9 Å². The van der Waals surface area contributed by atoms with E-state index in [0.717, 1.165) is 6.42 Å². The molecule has 3 heteroatoms. The molecule has 0 N–H and O–H groups in total. The van der Waals surface area contributed by atoms with Gasteiger partial charge >= 0.3 is 0 Å². The van der Waals surface area contributed by atoms with Gasteiger partial charge in [-0.05, 0) is 160 Å². The molecule has 3 heterocycles. The standard InChI is InChI=1S/C80H91BN2/c1-73(2,3)53-31-27-50(28-32-53)68(51-29-33-54(34-30-51)74(4,5)6)52-43-66-70-67(44-52)83-71-62(79(18)41-23-24-42-80(79,83)19)47-57(77(13,14)15)48-64(71)81(70)63-39-38-61-69(59-46-55(75(7,8)9)35-37-60(59)78(61,16)17)72(63)82(66)65-40-36-56(76(10,11)12)45-58(65)49-25-21-20-22-26-49/h20-22,25-40,43-48,68H,23-24,41-42H2,1-19H3. The fraction of sp³-hybridized carbons (Fsp3) is 0.400. The molecule has 83 heavy (non-hydrogen) atoms. The van der Waals surface area contributed by atoms with E-state index in [2.05, 4.69) is 293 Å². The minimum absolute atomic E-state index is 0.0205. The predicted molar refractivity (Wildman–Crippen MR) is 359 cm³/mol. The van der Waals surface area contributed by atoms with Gasteiger partial charge in [0.15, 0.2) is 0 Å². The van der Waals surface area contributed by atoms with E-state index in [4.69, 9.17) is 0 Å². The highest BCUT2D eigenvalue weighted by Crippen LogP contribution is 2.64. The molecule has 424 valence electrons. The van der Waals surface area contributed by atoms with E-state index in [9.17, 15) is 0 Å². The molecular weight excluding hydrogens is 1000 g/mol. The predicted octanol–water partition coefficient (Wildman–Crippen LogP) is 19.7. The lowest BCUT2D eigenvalue weighted by Crippen LogP contribution is -2.64. The molecule has 3 aliphatic heterocycles. The molecule has 2 nitrogen and oxygen atoms in total. The third-order valence-corrected chi connectivity index (χ3v) is 21.3. The van der Waals surface area contributed by atoms with Crippen LogP contribution in [0.3, 0.4) is 0 Å². The molecule has 2 unspecified atom stereocenters. The van der Waals surface area contributed by atoms with E-state index >= 15 is 0 Å². The Bertz CT molecular complexity index is 3880. The maximum Gasteiger partial charge on any atom is 0.252 e. The van der Waals surface area contributed by atoms with Gasteiger partial charge in [-0.3, -0.25) is 0 Å². The smallest absolute Gasteiger partial charge is 0.252 e. The number of hydrogen-bond donors (Lipinski definition) is 0. The minimum atomic E-state index is -0.230. The molecule has 5 aliphatic rings. The van der Waals surface area contributed by atoms with E-state index in [1.807, 2.05) is 0 Å². The molecule has 2 atom stereocenters. The van der Waals surface area contributed by atoms with Gasteiger partial charge in [0, 0.05) is 50.6 Å². The fourth-order valence-corrected chi connectivity index (χ4v) is 16.0. The summed E-state index contributed by atoms with van der Waals surface area (Å²) in [6.07, 6.45) is 4.78. The molecule has 0 spiro atoms. The zero-order valence-corrected chi connectivity index (χ0v) is 53.8. The minimum Gasteiger partial charge on any atom is -0.335 e. The van der Waals surface area contributed by atoms with Crippen molar-refractivity contribution in [2.24, 2.45) is 0 Å². The van der Waals surface area contributed by atoms with E-state index in [-0.39, 0.29) is 56.1 Å². The fourth-order valence-electron chi connectivity index (χ4n) is 16.0. The van der Waals surface area contributed by atoms with E-state index < -0.39 is 0 Å². The summed E-state index contributed by atoms with van der Waals surface area (Å²) in [5.74, 6) is -0.0501. The van der Waals surface area contributed by atoms with Crippen molar-refractivity contribution in [2.45, 2.75) is 207 Å². The summed E-state index contributed by atoms with van der Waals surface area (Å²) in [7, 11) is 0. The van der Waals surface area contributed by atoms with Crippen LogP contribution >= 0.6 is 0 Å². The Balaban J connectivity index is 1.23. The van der Waals surface area contributed by atoms with Crippen molar-refractivity contribution in [3.05, 3.63) is 213 Å². The number of nitrogens with zero attached hydrogens (tertiary/aromatic N) is 2. The summed E-state index contributed by atoms with van der Waals surface area (Å²) in [5.41, 5.74) is 30.9. The van der Waals surface area contributed by atoms with Gasteiger partial charge in [-0.2, -0.15) is 0 Å². The molecule has 1 saturated carbocycles. The van der Waals surface area contributed by atoms with Crippen molar-refractivity contribution < 1.29 is 0 Å². The van der Waals surface area contributed by atoms with Gasteiger partial charge < -0.3 is 9.80 Å². The summed E-state index contributed by atoms with van der Waals surface area (Å²) < 4.78 is 0. The Morgan fingerprint density at radius 2 is 0.928 bits per heavy atom. The Labute approximate surface area is 500 Å². The van der Waals surface area contributed by atoms with Crippen LogP contribution in [0.5, 0.6) is 0 Å². The molecule has 8 aromatic rings. The van der Waals surface area contributed by atoms with Gasteiger partial charge in [-0.25, -0.2) is 0 Å². The van der Waals surface area contributed by atoms with Crippen LogP contribution < -0.4 is 26.2 Å². The lowest BCUT2D eigenvalue weighted by molar-refractivity contribution is 0.195. The molecule has 1 fully saturated rings. The molecule has 13 rings (SSSR count). The number of anilines is 5. The van der Waals surface area contributed by atoms with Crippen LogP contribution in [0.4, 0.5) is 28.4 Å². The number of fused-ring (bicyclic) bond motifs is 11. The Morgan fingerprint density at radius 1 is 0.410 bits per heavy atom. The molecule has 0 radical (unpaired) electrons. The maximum absolute atomic E-state index is 2.97. The zero-order valence-electron chi connectivity index (χ0n) is 53.8. The highest BCUT2D eigenvalue weighted by molar-refractivity contribution is 7.00. The molecule has 0 amide bonds. The van der Waals surface area contributed by atoms with E-state index in [0.29, 0.717) is 0 Å². The third kappa shape index (κ3) is 8.37. The number of benzene rings is 8. The lowest BCUT2D eigenvalue weighted by Gasteiger charge is -2.53. The van der Waals surface area contributed by atoms with Crippen molar-refractivity contribution >= 4 is 51.5 Å². The summed E-state index contributed by atoms with van der Waals surface area (Å²) in [6.45, 7) is 45.8. The van der Waals surface area contributed by atoms with Crippen LogP contribution in [0.15, 0.2) is 152 Å². The zero-order chi connectivity index (χ0) is 59.1. The Hall–Kier alpha value is -6.58. The second-order valence-corrected chi connectivity index (χ2v) is 32.2. The van der Waals surface area contributed by atoms with Gasteiger partial charge in [-0.1, -0.05) is 265 Å². The molecule has 0 saturated heterocycles. The van der Waals surface area contributed by atoms with Crippen LogP contribution in [0, 0.1) is 0 Å². The Kier molecular flexibility index (Phi) is 12.2. The average Bonchev–Trinajstić information content (AvgIpc) is 1.61. The lowest BCUT2D eigenvalue weighted by atomic mass is 9.33. The SMILES string of the molecule is CC(C)(C)c1ccc(C(c2ccc(C(C)(C)C)cc2)c2cc3c4c(c2)N2c5c(cc(C(C)(C)C)cc5C5(C)CCCCC25C)B4c2ccc4c(c2N3c2ccc(C(C)(C)C)cc2-c2ccccc2)-c2cc(C(C)(C)C)ccc2C4(C)C)cc1. The van der Waals surface area contributed by atoms with Crippen molar-refractivity contribution in [3.63, 3.8) is 0 Å². The first-order valence-electron chi connectivity index (χ1n) is 31.5. The summed E-state index contributed by atoms with van der Waals surface area (Å²) in [4.78, 5) is 5.80. The molecule has 2 aliphatic carbocycles. The molecule has 0 bridgehead atoms. The largest absolute Gasteiger partial charge is 0.335 e. The molecule has 8 aromatic carbocycles. The first kappa shape index (κ1) is 55.6. The second kappa shape index (κ2) is 18.2. The summed E-state index contributed by atoms with van der Waals surface area (Å²) in [5, 5.41) is 0. The van der Waals surface area contributed by atoms with Crippen LogP contribution in [-0.4, -0.2) is 12.3 Å². The van der Waals surface area contributed by atoms with Gasteiger partial charge in [0.2, 0.25) is 0 Å². The van der Waals surface area contributed by atoms with Crippen molar-refractivity contribution in [1.29, 1.82) is 0 Å². The van der Waals surface area contributed by atoms with Crippen molar-refractivity contribution in [2.75, 3.05) is 9.80 Å². The first-order chi connectivity index (χ1) is 38.8. The summed E-state index contributed by atoms with van der Waals surface area (Å²) in [6, 6.07) is 61.7. The topological polar surface area (TPSA) is 6.48 Å². The number of hydrogen-bond acceptors (Lipinski definition) is 2. The monoisotopic (exact) mass is 1090 g/mol. The van der Waals surface area contributed by atoms with E-state index in [1.54, 1.807) is 5.56 Å². The van der Waals surface area contributed by atoms with Crippen LogP contribution in [0.1, 0.15) is 224 Å². The van der Waals surface area contributed by atoms with Crippen LogP contribution in [0.2, 0.25) is 0 Å². The number of rotatable bonds is 5. The second-order valence-electron chi connectivity index (χ2n) is 32.2.